The third-order valence-electron chi connectivity index (χ3n) is 3.16. The summed E-state index contributed by atoms with van der Waals surface area (Å²) in [6, 6.07) is 15.3. The Bertz CT molecular complexity index is 644. The molecule has 0 aliphatic heterocycles. The van der Waals surface area contributed by atoms with Crippen LogP contribution in [0.3, 0.4) is 0 Å². The van der Waals surface area contributed by atoms with Crippen LogP contribution < -0.4 is 4.74 Å². The fourth-order valence-electron chi connectivity index (χ4n) is 2.07. The van der Waals surface area contributed by atoms with Gasteiger partial charge in [-0.1, -0.05) is 42.5 Å². The Morgan fingerprint density at radius 3 is 2.67 bits per heavy atom. The van der Waals surface area contributed by atoms with Crippen molar-refractivity contribution in [2.75, 3.05) is 14.2 Å². The average molecular weight is 282 g/mol. The van der Waals surface area contributed by atoms with E-state index < -0.39 is 0 Å². The van der Waals surface area contributed by atoms with Crippen molar-refractivity contribution in [3.63, 3.8) is 0 Å². The van der Waals surface area contributed by atoms with Gasteiger partial charge >= 0.3 is 5.97 Å². The Labute approximate surface area is 124 Å². The lowest BCUT2D eigenvalue weighted by Crippen LogP contribution is -2.04. The predicted octanol–water partition coefficient (Wildman–Crippen LogP) is 3.74. The van der Waals surface area contributed by atoms with Gasteiger partial charge in [-0.25, -0.2) is 4.79 Å². The van der Waals surface area contributed by atoms with Crippen molar-refractivity contribution < 1.29 is 14.3 Å². The lowest BCUT2D eigenvalue weighted by molar-refractivity contribution is 0.0599. The van der Waals surface area contributed by atoms with Gasteiger partial charge in [-0.15, -0.1) is 0 Å². The summed E-state index contributed by atoms with van der Waals surface area (Å²) in [6.07, 6.45) is 4.70. The third kappa shape index (κ3) is 3.96. The maximum absolute atomic E-state index is 11.7. The van der Waals surface area contributed by atoms with E-state index in [1.54, 1.807) is 13.2 Å². The summed E-state index contributed by atoms with van der Waals surface area (Å²) in [5.41, 5.74) is 2.61. The number of hydrogen-bond acceptors (Lipinski definition) is 3. The highest BCUT2D eigenvalue weighted by atomic mass is 16.5. The maximum atomic E-state index is 11.7. The van der Waals surface area contributed by atoms with Gasteiger partial charge in [0.1, 0.15) is 5.75 Å². The lowest BCUT2D eigenvalue weighted by Gasteiger charge is -2.05. The second kappa shape index (κ2) is 7.29. The molecule has 0 aromatic heterocycles. The van der Waals surface area contributed by atoms with Crippen LogP contribution in [-0.4, -0.2) is 20.2 Å². The number of allylic oxidation sites excluding steroid dienone is 1. The zero-order valence-corrected chi connectivity index (χ0v) is 12.2. The molecule has 0 aliphatic carbocycles. The highest BCUT2D eigenvalue weighted by molar-refractivity contribution is 5.91. The first kappa shape index (κ1) is 14.9. The summed E-state index contributed by atoms with van der Waals surface area (Å²) in [5, 5.41) is 0. The summed E-state index contributed by atoms with van der Waals surface area (Å²) < 4.78 is 9.98. The number of methoxy groups -OCH3 is 2. The Kier molecular flexibility index (Phi) is 5.16. The van der Waals surface area contributed by atoms with Crippen LogP contribution in [0, 0.1) is 0 Å². The predicted molar refractivity (Wildman–Crippen MR) is 83.5 cm³/mol. The quantitative estimate of drug-likeness (QED) is 0.784. The van der Waals surface area contributed by atoms with Crippen LogP contribution in [0.2, 0.25) is 0 Å². The maximum Gasteiger partial charge on any atom is 0.338 e. The van der Waals surface area contributed by atoms with E-state index in [1.165, 1.54) is 7.11 Å². The minimum atomic E-state index is -0.305. The third-order valence-corrected chi connectivity index (χ3v) is 3.16. The van der Waals surface area contributed by atoms with E-state index in [1.807, 2.05) is 54.6 Å². The molecule has 0 bridgehead atoms. The van der Waals surface area contributed by atoms with Gasteiger partial charge in [0.25, 0.3) is 0 Å². The van der Waals surface area contributed by atoms with Gasteiger partial charge in [0.05, 0.1) is 19.8 Å². The van der Waals surface area contributed by atoms with Gasteiger partial charge in [0, 0.05) is 0 Å². The summed E-state index contributed by atoms with van der Waals surface area (Å²) in [4.78, 5) is 11.7. The van der Waals surface area contributed by atoms with Crippen molar-refractivity contribution in [1.29, 1.82) is 0 Å². The topological polar surface area (TPSA) is 35.5 Å². The number of carbonyl (C=O) groups excluding carboxylic acids is 1. The molecule has 2 rings (SSSR count). The standard InChI is InChI=1S/C18H18O3/c1-20-16-11-6-8-14(13-16)7-5-10-15-9-3-4-12-17(15)18(19)21-2/h3-9,11-13H,10H2,1-2H3. The van der Waals surface area contributed by atoms with Gasteiger partial charge in [-0.05, 0) is 35.7 Å². The highest BCUT2D eigenvalue weighted by Crippen LogP contribution is 2.15. The summed E-state index contributed by atoms with van der Waals surface area (Å²) in [6.45, 7) is 0. The zero-order valence-electron chi connectivity index (χ0n) is 12.2. The van der Waals surface area contributed by atoms with Crippen LogP contribution in [0.25, 0.3) is 6.08 Å². The molecule has 3 nitrogen and oxygen atoms in total. The van der Waals surface area contributed by atoms with Crippen LogP contribution in [0.5, 0.6) is 5.75 Å². The Hall–Kier alpha value is -2.55. The molecule has 0 spiro atoms. The molecule has 0 fully saturated rings. The van der Waals surface area contributed by atoms with E-state index in [-0.39, 0.29) is 5.97 Å². The SMILES string of the molecule is COC(=O)c1ccccc1CC=Cc1cccc(OC)c1. The molecule has 108 valence electrons. The molecule has 2 aromatic rings. The molecule has 0 saturated carbocycles. The largest absolute Gasteiger partial charge is 0.497 e. The van der Waals surface area contributed by atoms with Crippen molar-refractivity contribution in [3.8, 4) is 5.75 Å². The highest BCUT2D eigenvalue weighted by Gasteiger charge is 2.09. The van der Waals surface area contributed by atoms with Crippen molar-refractivity contribution in [1.82, 2.24) is 0 Å². The van der Waals surface area contributed by atoms with Crippen LogP contribution in [0.1, 0.15) is 21.5 Å². The van der Waals surface area contributed by atoms with E-state index in [0.717, 1.165) is 16.9 Å². The van der Waals surface area contributed by atoms with Crippen molar-refractivity contribution >= 4 is 12.0 Å². The fourth-order valence-corrected chi connectivity index (χ4v) is 2.07. The Morgan fingerprint density at radius 1 is 1.10 bits per heavy atom. The number of rotatable bonds is 5. The first-order valence-corrected chi connectivity index (χ1v) is 6.71. The summed E-state index contributed by atoms with van der Waals surface area (Å²) in [5.74, 6) is 0.521. The molecule has 0 heterocycles. The molecular formula is C18H18O3. The summed E-state index contributed by atoms with van der Waals surface area (Å²) >= 11 is 0. The molecule has 0 unspecified atom stereocenters. The van der Waals surface area contributed by atoms with Gasteiger partial charge in [-0.2, -0.15) is 0 Å². The number of benzene rings is 2. The van der Waals surface area contributed by atoms with Crippen LogP contribution >= 0.6 is 0 Å². The number of ether oxygens (including phenoxy) is 2. The summed E-state index contributed by atoms with van der Waals surface area (Å²) in [7, 11) is 3.04. The van der Waals surface area contributed by atoms with E-state index in [9.17, 15) is 4.79 Å². The molecule has 0 atom stereocenters. The second-order valence-corrected chi connectivity index (χ2v) is 4.53. The lowest BCUT2D eigenvalue weighted by atomic mass is 10.0. The minimum Gasteiger partial charge on any atom is -0.497 e. The monoisotopic (exact) mass is 282 g/mol. The molecule has 21 heavy (non-hydrogen) atoms. The zero-order chi connectivity index (χ0) is 15.1. The van der Waals surface area contributed by atoms with Crippen molar-refractivity contribution in [2.45, 2.75) is 6.42 Å². The molecule has 3 heteroatoms. The van der Waals surface area contributed by atoms with Gasteiger partial charge in [0.2, 0.25) is 0 Å². The number of hydrogen-bond donors (Lipinski definition) is 0. The normalized spacial score (nSPS) is 10.6. The van der Waals surface area contributed by atoms with E-state index in [2.05, 4.69) is 0 Å². The van der Waals surface area contributed by atoms with Crippen LogP contribution in [0.15, 0.2) is 54.6 Å². The van der Waals surface area contributed by atoms with E-state index >= 15 is 0 Å². The number of carbonyl (C=O) groups is 1. The first-order chi connectivity index (χ1) is 10.2. The van der Waals surface area contributed by atoms with Gasteiger partial charge < -0.3 is 9.47 Å². The smallest absolute Gasteiger partial charge is 0.338 e. The molecule has 0 N–H and O–H groups in total. The van der Waals surface area contributed by atoms with Gasteiger partial charge in [0.15, 0.2) is 0 Å². The van der Waals surface area contributed by atoms with E-state index in [0.29, 0.717) is 12.0 Å². The van der Waals surface area contributed by atoms with Crippen LogP contribution in [0.4, 0.5) is 0 Å². The van der Waals surface area contributed by atoms with Crippen LogP contribution in [-0.2, 0) is 11.2 Å². The second-order valence-electron chi connectivity index (χ2n) is 4.53. The average Bonchev–Trinajstić information content (AvgIpc) is 2.55. The number of esters is 1. The molecular weight excluding hydrogens is 264 g/mol. The first-order valence-electron chi connectivity index (χ1n) is 6.71. The van der Waals surface area contributed by atoms with Crippen molar-refractivity contribution in [2.24, 2.45) is 0 Å². The van der Waals surface area contributed by atoms with Crippen molar-refractivity contribution in [3.05, 3.63) is 71.3 Å². The molecule has 2 aromatic carbocycles. The molecule has 0 aliphatic rings. The van der Waals surface area contributed by atoms with Gasteiger partial charge in [-0.3, -0.25) is 0 Å². The van der Waals surface area contributed by atoms with E-state index in [4.69, 9.17) is 9.47 Å². The Morgan fingerprint density at radius 2 is 1.90 bits per heavy atom. The minimum absolute atomic E-state index is 0.305. The molecule has 0 saturated heterocycles. The Balaban J connectivity index is 2.12. The fraction of sp³-hybridized carbons (Fsp3) is 0.167. The molecule has 0 amide bonds. The molecule has 0 radical (unpaired) electrons.